The summed E-state index contributed by atoms with van der Waals surface area (Å²) in [5.41, 5.74) is 5.74. The van der Waals surface area contributed by atoms with Crippen LogP contribution in [0.15, 0.2) is 47.3 Å². The van der Waals surface area contributed by atoms with E-state index in [1.807, 2.05) is 19.1 Å². The quantitative estimate of drug-likeness (QED) is 0.547. The molecule has 0 atom stereocenters. The molecule has 2 aliphatic carbocycles. The van der Waals surface area contributed by atoms with E-state index in [0.717, 1.165) is 65.9 Å². The van der Waals surface area contributed by atoms with Gasteiger partial charge >= 0.3 is 0 Å². The Morgan fingerprint density at radius 3 is 2.16 bits per heavy atom. The number of rotatable bonds is 7. The fourth-order valence-corrected chi connectivity index (χ4v) is 5.55. The van der Waals surface area contributed by atoms with Crippen LogP contribution in [0.25, 0.3) is 0 Å². The summed E-state index contributed by atoms with van der Waals surface area (Å²) in [6.07, 6.45) is 7.03. The van der Waals surface area contributed by atoms with Crippen molar-refractivity contribution in [3.63, 3.8) is 0 Å². The second kappa shape index (κ2) is 9.35. The Balaban J connectivity index is 1.98. The molecule has 5 nitrogen and oxygen atoms in total. The van der Waals surface area contributed by atoms with E-state index in [4.69, 9.17) is 9.47 Å². The summed E-state index contributed by atoms with van der Waals surface area (Å²) >= 11 is 0. The number of carbonyl (C=O) groups excluding carboxylic acids is 2. The van der Waals surface area contributed by atoms with Gasteiger partial charge in [0.1, 0.15) is 0 Å². The number of allylic oxidation sites excluding steroid dienone is 5. The van der Waals surface area contributed by atoms with Gasteiger partial charge in [-0.05, 0) is 57.6 Å². The molecular formula is C27H33NO4. The van der Waals surface area contributed by atoms with Gasteiger partial charge in [-0.2, -0.15) is 0 Å². The van der Waals surface area contributed by atoms with Crippen LogP contribution in [0.3, 0.4) is 0 Å². The van der Waals surface area contributed by atoms with E-state index in [9.17, 15) is 9.59 Å². The van der Waals surface area contributed by atoms with Gasteiger partial charge in [-0.3, -0.25) is 9.59 Å². The minimum Gasteiger partial charge on any atom is -0.493 e. The normalized spacial score (nSPS) is 19.2. The van der Waals surface area contributed by atoms with Crippen LogP contribution < -0.4 is 9.47 Å². The van der Waals surface area contributed by atoms with Gasteiger partial charge in [0.25, 0.3) is 0 Å². The largest absolute Gasteiger partial charge is 0.493 e. The molecule has 0 saturated carbocycles. The van der Waals surface area contributed by atoms with Crippen molar-refractivity contribution < 1.29 is 19.1 Å². The first-order chi connectivity index (χ1) is 15.5. The van der Waals surface area contributed by atoms with Gasteiger partial charge in [0.2, 0.25) is 0 Å². The fourth-order valence-electron chi connectivity index (χ4n) is 5.55. The SMILES string of the molecule is C=CCc1cc(C2C3=C(CCCC3=O)N(CC)C3=C2C(=O)CCC3)cc(OC)c1OCC. The van der Waals surface area contributed by atoms with Crippen molar-refractivity contribution in [3.8, 4) is 11.5 Å². The average molecular weight is 436 g/mol. The Morgan fingerprint density at radius 2 is 1.66 bits per heavy atom. The Hall–Kier alpha value is -2.82. The lowest BCUT2D eigenvalue weighted by molar-refractivity contribution is -0.117. The number of carbonyl (C=O) groups is 2. The summed E-state index contributed by atoms with van der Waals surface area (Å²) in [7, 11) is 1.63. The maximum Gasteiger partial charge on any atom is 0.164 e. The topological polar surface area (TPSA) is 55.8 Å². The highest BCUT2D eigenvalue weighted by Crippen LogP contribution is 2.50. The molecule has 3 aliphatic rings. The molecule has 1 heterocycles. The van der Waals surface area contributed by atoms with Gasteiger partial charge in [0.15, 0.2) is 23.1 Å². The first-order valence-corrected chi connectivity index (χ1v) is 11.8. The van der Waals surface area contributed by atoms with E-state index in [0.29, 0.717) is 37.4 Å². The van der Waals surface area contributed by atoms with Gasteiger partial charge < -0.3 is 14.4 Å². The maximum atomic E-state index is 13.3. The molecule has 4 rings (SSSR count). The number of ketones is 2. The lowest BCUT2D eigenvalue weighted by Crippen LogP contribution is -2.39. The molecule has 0 bridgehead atoms. The van der Waals surface area contributed by atoms with Crippen molar-refractivity contribution in [1.82, 2.24) is 4.90 Å². The van der Waals surface area contributed by atoms with Crippen LogP contribution in [0.5, 0.6) is 11.5 Å². The van der Waals surface area contributed by atoms with Crippen molar-refractivity contribution in [1.29, 1.82) is 0 Å². The van der Waals surface area contributed by atoms with Crippen LogP contribution in [0.1, 0.15) is 69.4 Å². The van der Waals surface area contributed by atoms with Gasteiger partial charge in [-0.15, -0.1) is 6.58 Å². The third-order valence-corrected chi connectivity index (χ3v) is 6.76. The summed E-state index contributed by atoms with van der Waals surface area (Å²) in [6.45, 7) is 9.25. The van der Waals surface area contributed by atoms with E-state index in [-0.39, 0.29) is 17.5 Å². The van der Waals surface area contributed by atoms with Crippen molar-refractivity contribution in [2.75, 3.05) is 20.3 Å². The Bertz CT molecular complexity index is 973. The first kappa shape index (κ1) is 22.4. The fraction of sp³-hybridized carbons (Fsp3) is 0.481. The molecule has 0 saturated heterocycles. The summed E-state index contributed by atoms with van der Waals surface area (Å²) in [5.74, 6) is 1.33. The second-order valence-electron chi connectivity index (χ2n) is 8.59. The molecule has 1 aromatic rings. The minimum atomic E-state index is -0.337. The Labute approximate surface area is 190 Å². The van der Waals surface area contributed by atoms with Gasteiger partial charge in [-0.1, -0.05) is 12.1 Å². The van der Waals surface area contributed by atoms with Crippen molar-refractivity contribution in [2.45, 2.75) is 64.7 Å². The molecule has 0 N–H and O–H groups in total. The highest BCUT2D eigenvalue weighted by atomic mass is 16.5. The van der Waals surface area contributed by atoms with Gasteiger partial charge in [-0.25, -0.2) is 0 Å². The number of nitrogens with zero attached hydrogens (tertiary/aromatic N) is 1. The van der Waals surface area contributed by atoms with Crippen LogP contribution in [0.4, 0.5) is 0 Å². The average Bonchev–Trinajstić information content (AvgIpc) is 2.79. The second-order valence-corrected chi connectivity index (χ2v) is 8.59. The predicted molar refractivity (Wildman–Crippen MR) is 125 cm³/mol. The third kappa shape index (κ3) is 3.68. The van der Waals surface area contributed by atoms with E-state index < -0.39 is 0 Å². The molecule has 0 amide bonds. The molecule has 0 spiro atoms. The molecule has 0 fully saturated rings. The van der Waals surface area contributed by atoms with E-state index in [2.05, 4.69) is 24.5 Å². The number of Topliss-reactive ketones (excluding diaryl/α,β-unsaturated/α-hetero) is 2. The van der Waals surface area contributed by atoms with Crippen LogP contribution in [0, 0.1) is 0 Å². The molecular weight excluding hydrogens is 402 g/mol. The number of hydrogen-bond acceptors (Lipinski definition) is 5. The number of ether oxygens (including phenoxy) is 2. The van der Waals surface area contributed by atoms with Crippen LogP contribution >= 0.6 is 0 Å². The smallest absolute Gasteiger partial charge is 0.164 e. The lowest BCUT2D eigenvalue weighted by Gasteiger charge is -2.43. The Kier molecular flexibility index (Phi) is 6.54. The summed E-state index contributed by atoms with van der Waals surface area (Å²) in [6, 6.07) is 4.04. The third-order valence-electron chi connectivity index (χ3n) is 6.76. The van der Waals surface area contributed by atoms with E-state index >= 15 is 0 Å². The van der Waals surface area contributed by atoms with E-state index in [1.165, 1.54) is 0 Å². The zero-order chi connectivity index (χ0) is 22.8. The molecule has 32 heavy (non-hydrogen) atoms. The van der Waals surface area contributed by atoms with Crippen LogP contribution in [0.2, 0.25) is 0 Å². The summed E-state index contributed by atoms with van der Waals surface area (Å²) in [5, 5.41) is 0. The summed E-state index contributed by atoms with van der Waals surface area (Å²) < 4.78 is 11.6. The number of benzene rings is 1. The molecule has 0 aromatic heterocycles. The number of methoxy groups -OCH3 is 1. The van der Waals surface area contributed by atoms with Crippen LogP contribution in [-0.2, 0) is 16.0 Å². The zero-order valence-electron chi connectivity index (χ0n) is 19.5. The molecule has 0 radical (unpaired) electrons. The standard InChI is InChI=1S/C27H33NO4/c1-5-10-17-15-18(16-23(31-4)27(17)32-7-3)24-25-19(11-8-13-21(25)29)28(6-2)20-12-9-14-22(30)26(20)24/h5,15-16,24H,1,6-14H2,2-4H3. The summed E-state index contributed by atoms with van der Waals surface area (Å²) in [4.78, 5) is 28.9. The van der Waals surface area contributed by atoms with Gasteiger partial charge in [0, 0.05) is 53.4 Å². The molecule has 1 aliphatic heterocycles. The zero-order valence-corrected chi connectivity index (χ0v) is 19.5. The molecule has 1 aromatic carbocycles. The molecule has 170 valence electrons. The minimum absolute atomic E-state index is 0.165. The van der Waals surface area contributed by atoms with Crippen molar-refractivity contribution in [2.24, 2.45) is 0 Å². The van der Waals surface area contributed by atoms with E-state index in [1.54, 1.807) is 7.11 Å². The lowest BCUT2D eigenvalue weighted by atomic mass is 9.70. The number of hydrogen-bond donors (Lipinski definition) is 0. The highest BCUT2D eigenvalue weighted by molar-refractivity contribution is 6.06. The van der Waals surface area contributed by atoms with Crippen molar-refractivity contribution >= 4 is 11.6 Å². The predicted octanol–water partition coefficient (Wildman–Crippen LogP) is 5.26. The monoisotopic (exact) mass is 435 g/mol. The van der Waals surface area contributed by atoms with Crippen LogP contribution in [-0.4, -0.2) is 36.7 Å². The van der Waals surface area contributed by atoms with Gasteiger partial charge in [0.05, 0.1) is 13.7 Å². The Morgan fingerprint density at radius 1 is 1.03 bits per heavy atom. The molecule has 0 unspecified atom stereocenters. The first-order valence-electron chi connectivity index (χ1n) is 11.8. The molecule has 5 heteroatoms. The maximum absolute atomic E-state index is 13.3. The highest BCUT2D eigenvalue weighted by Gasteiger charge is 2.43. The van der Waals surface area contributed by atoms with Crippen molar-refractivity contribution in [3.05, 3.63) is 58.5 Å².